The molecule has 0 saturated heterocycles. The summed E-state index contributed by atoms with van der Waals surface area (Å²) in [6, 6.07) is 17.1. The Morgan fingerprint density at radius 3 is 2.48 bits per heavy atom. The number of rotatable bonds is 3. The maximum atomic E-state index is 12.1. The molecule has 0 radical (unpaired) electrons. The number of carbonyl (C=O) groups is 1. The van der Waals surface area contributed by atoms with Crippen LogP contribution in [0.5, 0.6) is 0 Å². The van der Waals surface area contributed by atoms with E-state index in [0.29, 0.717) is 10.7 Å². The van der Waals surface area contributed by atoms with Gasteiger partial charge in [0.25, 0.3) is 5.91 Å². The second-order valence-corrected chi connectivity index (χ2v) is 6.14. The third-order valence-electron chi connectivity index (χ3n) is 2.90. The van der Waals surface area contributed by atoms with E-state index in [2.05, 4.69) is 26.2 Å². The maximum absolute atomic E-state index is 12.1. The van der Waals surface area contributed by atoms with Crippen LogP contribution in [0.25, 0.3) is 11.3 Å². The minimum absolute atomic E-state index is 0.156. The van der Waals surface area contributed by atoms with Gasteiger partial charge in [0.1, 0.15) is 0 Å². The number of thiazole rings is 1. The van der Waals surface area contributed by atoms with E-state index in [1.54, 1.807) is 12.1 Å². The molecule has 5 heteroatoms. The van der Waals surface area contributed by atoms with Crippen LogP contribution < -0.4 is 5.32 Å². The highest BCUT2D eigenvalue weighted by atomic mass is 79.9. The molecule has 2 aromatic carbocycles. The average Bonchev–Trinajstić information content (AvgIpc) is 2.97. The summed E-state index contributed by atoms with van der Waals surface area (Å²) < 4.78 is 0.944. The van der Waals surface area contributed by atoms with Gasteiger partial charge in [0.05, 0.1) is 5.69 Å². The molecule has 1 N–H and O–H groups in total. The number of benzene rings is 2. The van der Waals surface area contributed by atoms with Gasteiger partial charge in [-0.1, -0.05) is 46.3 Å². The highest BCUT2D eigenvalue weighted by Crippen LogP contribution is 2.25. The Morgan fingerprint density at radius 1 is 1.05 bits per heavy atom. The number of hydrogen-bond acceptors (Lipinski definition) is 3. The topological polar surface area (TPSA) is 42.0 Å². The van der Waals surface area contributed by atoms with E-state index in [-0.39, 0.29) is 5.91 Å². The third kappa shape index (κ3) is 3.37. The summed E-state index contributed by atoms with van der Waals surface area (Å²) in [6.07, 6.45) is 0. The van der Waals surface area contributed by atoms with E-state index in [0.717, 1.165) is 15.7 Å². The Morgan fingerprint density at radius 2 is 1.76 bits per heavy atom. The molecule has 0 aliphatic heterocycles. The fourth-order valence-electron chi connectivity index (χ4n) is 1.84. The molecular formula is C16H11BrN2OS. The van der Waals surface area contributed by atoms with Crippen molar-refractivity contribution in [3.8, 4) is 11.3 Å². The molecule has 1 aromatic heterocycles. The zero-order chi connectivity index (χ0) is 14.7. The van der Waals surface area contributed by atoms with Crippen LogP contribution in [0.4, 0.5) is 5.13 Å². The second kappa shape index (κ2) is 6.20. The van der Waals surface area contributed by atoms with Gasteiger partial charge in [0.2, 0.25) is 0 Å². The minimum atomic E-state index is -0.156. The molecule has 0 fully saturated rings. The van der Waals surface area contributed by atoms with Crippen molar-refractivity contribution in [3.63, 3.8) is 0 Å². The molecule has 104 valence electrons. The number of nitrogens with one attached hydrogen (secondary N) is 1. The van der Waals surface area contributed by atoms with Crippen LogP contribution in [-0.4, -0.2) is 10.9 Å². The number of halogens is 1. The van der Waals surface area contributed by atoms with Gasteiger partial charge in [-0.25, -0.2) is 4.98 Å². The highest BCUT2D eigenvalue weighted by molar-refractivity contribution is 9.10. The van der Waals surface area contributed by atoms with Crippen molar-refractivity contribution in [2.45, 2.75) is 0 Å². The lowest BCUT2D eigenvalue weighted by molar-refractivity contribution is 0.102. The van der Waals surface area contributed by atoms with E-state index >= 15 is 0 Å². The van der Waals surface area contributed by atoms with Crippen molar-refractivity contribution in [1.29, 1.82) is 0 Å². The van der Waals surface area contributed by atoms with Gasteiger partial charge in [-0.15, -0.1) is 11.3 Å². The van der Waals surface area contributed by atoms with Crippen molar-refractivity contribution < 1.29 is 4.79 Å². The van der Waals surface area contributed by atoms with Crippen molar-refractivity contribution in [2.24, 2.45) is 0 Å². The molecular weight excluding hydrogens is 348 g/mol. The molecule has 0 spiro atoms. The summed E-state index contributed by atoms with van der Waals surface area (Å²) in [7, 11) is 0. The fraction of sp³-hybridized carbons (Fsp3) is 0. The zero-order valence-electron chi connectivity index (χ0n) is 10.9. The summed E-state index contributed by atoms with van der Waals surface area (Å²) in [6.45, 7) is 0. The summed E-state index contributed by atoms with van der Waals surface area (Å²) in [4.78, 5) is 16.6. The normalized spacial score (nSPS) is 10.3. The van der Waals surface area contributed by atoms with Crippen LogP contribution in [0, 0.1) is 0 Å². The number of aromatic nitrogens is 1. The first-order valence-electron chi connectivity index (χ1n) is 6.30. The van der Waals surface area contributed by atoms with Crippen LogP contribution in [-0.2, 0) is 0 Å². The van der Waals surface area contributed by atoms with Gasteiger partial charge in [-0.3, -0.25) is 10.1 Å². The van der Waals surface area contributed by atoms with Gasteiger partial charge >= 0.3 is 0 Å². The zero-order valence-corrected chi connectivity index (χ0v) is 13.3. The van der Waals surface area contributed by atoms with E-state index in [9.17, 15) is 4.79 Å². The SMILES string of the molecule is O=C(Nc1nc(-c2ccccc2)cs1)c1ccc(Br)cc1. The van der Waals surface area contributed by atoms with Crippen LogP contribution in [0.3, 0.4) is 0 Å². The minimum Gasteiger partial charge on any atom is -0.298 e. The van der Waals surface area contributed by atoms with Crippen LogP contribution >= 0.6 is 27.3 Å². The molecule has 0 bridgehead atoms. The molecule has 0 saturated carbocycles. The van der Waals surface area contributed by atoms with Gasteiger partial charge < -0.3 is 0 Å². The summed E-state index contributed by atoms with van der Waals surface area (Å²) in [5.41, 5.74) is 2.51. The van der Waals surface area contributed by atoms with E-state index in [1.165, 1.54) is 11.3 Å². The number of nitrogens with zero attached hydrogens (tertiary/aromatic N) is 1. The van der Waals surface area contributed by atoms with Crippen molar-refractivity contribution in [2.75, 3.05) is 5.32 Å². The quantitative estimate of drug-likeness (QED) is 0.728. The molecule has 0 aliphatic carbocycles. The first-order valence-corrected chi connectivity index (χ1v) is 7.97. The Hall–Kier alpha value is -1.98. The standard InChI is InChI=1S/C16H11BrN2OS/c17-13-8-6-12(7-9-13)15(20)19-16-18-14(10-21-16)11-4-2-1-3-5-11/h1-10H,(H,18,19,20). The van der Waals surface area contributed by atoms with Crippen molar-refractivity contribution >= 4 is 38.3 Å². The molecule has 3 nitrogen and oxygen atoms in total. The lowest BCUT2D eigenvalue weighted by Gasteiger charge is -2.01. The molecule has 3 aromatic rings. The van der Waals surface area contributed by atoms with Crippen molar-refractivity contribution in [3.05, 3.63) is 70.0 Å². The Bertz CT molecular complexity index is 753. The number of carbonyl (C=O) groups excluding carboxylic acids is 1. The van der Waals surface area contributed by atoms with E-state index in [1.807, 2.05) is 47.8 Å². The second-order valence-electron chi connectivity index (χ2n) is 4.36. The maximum Gasteiger partial charge on any atom is 0.257 e. The van der Waals surface area contributed by atoms with E-state index < -0.39 is 0 Å². The third-order valence-corrected chi connectivity index (χ3v) is 4.19. The van der Waals surface area contributed by atoms with E-state index in [4.69, 9.17) is 0 Å². The Kier molecular flexibility index (Phi) is 4.13. The number of amides is 1. The molecule has 1 heterocycles. The lowest BCUT2D eigenvalue weighted by Crippen LogP contribution is -2.11. The predicted octanol–water partition coefficient (Wildman–Crippen LogP) is 4.82. The smallest absolute Gasteiger partial charge is 0.257 e. The average molecular weight is 359 g/mol. The molecule has 0 atom stereocenters. The number of anilines is 1. The summed E-state index contributed by atoms with van der Waals surface area (Å²) in [5, 5.41) is 5.36. The Labute approximate surface area is 134 Å². The predicted molar refractivity (Wildman–Crippen MR) is 89.6 cm³/mol. The first-order chi connectivity index (χ1) is 10.2. The lowest BCUT2D eigenvalue weighted by atomic mass is 10.2. The fourth-order valence-corrected chi connectivity index (χ4v) is 2.82. The monoisotopic (exact) mass is 358 g/mol. The van der Waals surface area contributed by atoms with Gasteiger partial charge in [-0.05, 0) is 24.3 Å². The molecule has 1 amide bonds. The molecule has 3 rings (SSSR count). The number of hydrogen-bond donors (Lipinski definition) is 1. The first kappa shape index (κ1) is 14.0. The Balaban J connectivity index is 1.75. The van der Waals surface area contributed by atoms with Crippen LogP contribution in [0.1, 0.15) is 10.4 Å². The summed E-state index contributed by atoms with van der Waals surface area (Å²) >= 11 is 4.77. The summed E-state index contributed by atoms with van der Waals surface area (Å²) in [5.74, 6) is -0.156. The molecule has 0 unspecified atom stereocenters. The highest BCUT2D eigenvalue weighted by Gasteiger charge is 2.09. The van der Waals surface area contributed by atoms with Crippen LogP contribution in [0.15, 0.2) is 64.5 Å². The van der Waals surface area contributed by atoms with Gasteiger partial charge in [-0.2, -0.15) is 0 Å². The largest absolute Gasteiger partial charge is 0.298 e. The van der Waals surface area contributed by atoms with Gasteiger partial charge in [0, 0.05) is 21.0 Å². The van der Waals surface area contributed by atoms with Gasteiger partial charge in [0.15, 0.2) is 5.13 Å². The van der Waals surface area contributed by atoms with Crippen molar-refractivity contribution in [1.82, 2.24) is 4.98 Å². The molecule has 0 aliphatic rings. The molecule has 21 heavy (non-hydrogen) atoms. The van der Waals surface area contributed by atoms with Crippen LogP contribution in [0.2, 0.25) is 0 Å².